The van der Waals surface area contributed by atoms with Crippen LogP contribution in [0.1, 0.15) is 44.2 Å². The van der Waals surface area contributed by atoms with Crippen LogP contribution >= 0.6 is 11.6 Å². The maximum atomic E-state index is 12.5. The van der Waals surface area contributed by atoms with E-state index in [1.54, 1.807) is 0 Å². The van der Waals surface area contributed by atoms with Gasteiger partial charge in [0.05, 0.1) is 0 Å². The average molecular weight is 364 g/mol. The van der Waals surface area contributed by atoms with Crippen molar-refractivity contribution >= 4 is 17.5 Å². The normalized spacial score (nSPS) is 21.3. The van der Waals surface area contributed by atoms with Crippen LogP contribution in [0.15, 0.2) is 24.3 Å². The second-order valence-corrected chi connectivity index (χ2v) is 7.81. The first-order valence-corrected chi connectivity index (χ1v) is 9.99. The molecular weight excluding hydrogens is 334 g/mol. The van der Waals surface area contributed by atoms with Gasteiger partial charge in [-0.15, -0.1) is 0 Å². The van der Waals surface area contributed by atoms with Gasteiger partial charge in [0.25, 0.3) is 0 Å². The Labute approximate surface area is 156 Å². The minimum absolute atomic E-state index is 0.345. The van der Waals surface area contributed by atoms with Crippen molar-refractivity contribution in [1.82, 2.24) is 15.1 Å². The van der Waals surface area contributed by atoms with Crippen molar-refractivity contribution in [2.75, 3.05) is 39.3 Å². The van der Waals surface area contributed by atoms with E-state index in [0.29, 0.717) is 11.9 Å². The Hall–Kier alpha value is -1.10. The zero-order valence-corrected chi connectivity index (χ0v) is 16.0. The van der Waals surface area contributed by atoms with E-state index in [0.717, 1.165) is 63.1 Å². The predicted molar refractivity (Wildman–Crippen MR) is 103 cm³/mol. The highest BCUT2D eigenvalue weighted by Gasteiger charge is 2.25. The summed E-state index contributed by atoms with van der Waals surface area (Å²) < 4.78 is 0. The summed E-state index contributed by atoms with van der Waals surface area (Å²) in [6, 6.07) is 8.47. The highest BCUT2D eigenvalue weighted by molar-refractivity contribution is 6.30. The second-order valence-electron chi connectivity index (χ2n) is 7.38. The fourth-order valence-corrected chi connectivity index (χ4v) is 4.09. The molecule has 0 aliphatic carbocycles. The predicted octanol–water partition coefficient (Wildman–Crippen LogP) is 3.33. The van der Waals surface area contributed by atoms with Crippen molar-refractivity contribution in [1.29, 1.82) is 0 Å². The van der Waals surface area contributed by atoms with Gasteiger partial charge in [0.15, 0.2) is 0 Å². The van der Waals surface area contributed by atoms with Gasteiger partial charge in [-0.2, -0.15) is 0 Å². The third kappa shape index (κ3) is 5.19. The lowest BCUT2D eigenvalue weighted by Crippen LogP contribution is -2.49. The second kappa shape index (κ2) is 9.02. The number of carbonyl (C=O) groups excluding carboxylic acids is 1. The first-order chi connectivity index (χ1) is 12.1. The highest BCUT2D eigenvalue weighted by Crippen LogP contribution is 2.24. The molecule has 5 heteroatoms. The largest absolute Gasteiger partial charge is 0.340 e. The topological polar surface area (TPSA) is 35.6 Å². The number of amides is 1. The Balaban J connectivity index is 1.43. The Morgan fingerprint density at radius 2 is 1.80 bits per heavy atom. The smallest absolute Gasteiger partial charge is 0.222 e. The van der Waals surface area contributed by atoms with Crippen LogP contribution in [0.3, 0.4) is 0 Å². The van der Waals surface area contributed by atoms with Gasteiger partial charge in [-0.3, -0.25) is 9.69 Å². The number of benzene rings is 1. The molecule has 2 aliphatic rings. The third-order valence-corrected chi connectivity index (χ3v) is 6.04. The van der Waals surface area contributed by atoms with E-state index in [9.17, 15) is 4.79 Å². The van der Waals surface area contributed by atoms with E-state index >= 15 is 0 Å². The maximum absolute atomic E-state index is 12.5. The van der Waals surface area contributed by atoms with Crippen molar-refractivity contribution in [2.45, 2.75) is 38.6 Å². The molecule has 0 bridgehead atoms. The molecule has 2 heterocycles. The molecule has 138 valence electrons. The monoisotopic (exact) mass is 363 g/mol. The maximum Gasteiger partial charge on any atom is 0.222 e. The Morgan fingerprint density at radius 3 is 2.44 bits per heavy atom. The molecule has 1 aromatic carbocycles. The molecule has 4 nitrogen and oxygen atoms in total. The summed E-state index contributed by atoms with van der Waals surface area (Å²) in [6.07, 6.45) is 4.22. The number of carbonyl (C=O) groups is 1. The number of rotatable bonds is 5. The van der Waals surface area contributed by atoms with Crippen molar-refractivity contribution in [3.63, 3.8) is 0 Å². The molecule has 0 saturated carbocycles. The summed E-state index contributed by atoms with van der Waals surface area (Å²) in [5.74, 6) is 1.08. The van der Waals surface area contributed by atoms with Crippen molar-refractivity contribution in [3.05, 3.63) is 34.9 Å². The van der Waals surface area contributed by atoms with E-state index < -0.39 is 0 Å². The molecule has 2 saturated heterocycles. The fourth-order valence-electron chi connectivity index (χ4n) is 3.97. The van der Waals surface area contributed by atoms with E-state index in [1.165, 1.54) is 18.4 Å². The SMILES string of the molecule is CC(c1ccc(Cl)cc1)N1CCN(C(=O)CCC2CCNCC2)CC1. The van der Waals surface area contributed by atoms with E-state index in [4.69, 9.17) is 11.6 Å². The lowest BCUT2D eigenvalue weighted by molar-refractivity contribution is -0.133. The van der Waals surface area contributed by atoms with Gasteiger partial charge in [-0.1, -0.05) is 23.7 Å². The molecule has 2 aliphatic heterocycles. The minimum Gasteiger partial charge on any atom is -0.340 e. The lowest BCUT2D eigenvalue weighted by atomic mass is 9.93. The van der Waals surface area contributed by atoms with E-state index in [-0.39, 0.29) is 0 Å². The van der Waals surface area contributed by atoms with Gasteiger partial charge in [0.2, 0.25) is 5.91 Å². The summed E-state index contributed by atoms with van der Waals surface area (Å²) in [6.45, 7) is 8.05. The Bertz CT molecular complexity index is 549. The number of piperidine rings is 1. The van der Waals surface area contributed by atoms with Gasteiger partial charge in [-0.25, -0.2) is 0 Å². The van der Waals surface area contributed by atoms with Crippen LogP contribution in [0.2, 0.25) is 5.02 Å². The number of hydrogen-bond acceptors (Lipinski definition) is 3. The van der Waals surface area contributed by atoms with Gasteiger partial charge in [0, 0.05) is 43.7 Å². The fraction of sp³-hybridized carbons (Fsp3) is 0.650. The number of nitrogens with zero attached hydrogens (tertiary/aromatic N) is 2. The number of halogens is 1. The number of hydrogen-bond donors (Lipinski definition) is 1. The van der Waals surface area contributed by atoms with Crippen LogP contribution < -0.4 is 5.32 Å². The van der Waals surface area contributed by atoms with Crippen molar-refractivity contribution in [2.24, 2.45) is 5.92 Å². The van der Waals surface area contributed by atoms with Gasteiger partial charge in [0.1, 0.15) is 0 Å². The van der Waals surface area contributed by atoms with E-state index in [1.807, 2.05) is 12.1 Å². The molecule has 3 rings (SSSR count). The summed E-state index contributed by atoms with van der Waals surface area (Å²) in [7, 11) is 0. The Kier molecular flexibility index (Phi) is 6.74. The first-order valence-electron chi connectivity index (χ1n) is 9.61. The lowest BCUT2D eigenvalue weighted by Gasteiger charge is -2.38. The zero-order chi connectivity index (χ0) is 17.6. The van der Waals surface area contributed by atoms with Gasteiger partial charge < -0.3 is 10.2 Å². The molecule has 0 spiro atoms. The summed E-state index contributed by atoms with van der Waals surface area (Å²) in [4.78, 5) is 17.0. The summed E-state index contributed by atoms with van der Waals surface area (Å²) >= 11 is 5.98. The van der Waals surface area contributed by atoms with Crippen LogP contribution in [0.4, 0.5) is 0 Å². The standard InChI is InChI=1S/C20H30ClN3O/c1-16(18-3-5-19(21)6-4-18)23-12-14-24(15-13-23)20(25)7-2-17-8-10-22-11-9-17/h3-6,16-17,22H,2,7-15H2,1H3. The molecule has 1 amide bonds. The van der Waals surface area contributed by atoms with E-state index in [2.05, 4.69) is 34.2 Å². The number of nitrogens with one attached hydrogen (secondary N) is 1. The first kappa shape index (κ1) is 18.7. The molecule has 25 heavy (non-hydrogen) atoms. The molecule has 2 fully saturated rings. The Morgan fingerprint density at radius 1 is 1.16 bits per heavy atom. The quantitative estimate of drug-likeness (QED) is 0.871. The highest BCUT2D eigenvalue weighted by atomic mass is 35.5. The van der Waals surface area contributed by atoms with Crippen LogP contribution in [-0.2, 0) is 4.79 Å². The molecular formula is C20H30ClN3O. The van der Waals surface area contributed by atoms with Crippen molar-refractivity contribution in [3.8, 4) is 0 Å². The van der Waals surface area contributed by atoms with Gasteiger partial charge in [-0.05, 0) is 62.9 Å². The summed E-state index contributed by atoms with van der Waals surface area (Å²) in [5, 5.41) is 4.17. The van der Waals surface area contributed by atoms with Crippen LogP contribution in [0, 0.1) is 5.92 Å². The minimum atomic E-state index is 0.345. The molecule has 1 atom stereocenters. The van der Waals surface area contributed by atoms with Crippen LogP contribution in [0.25, 0.3) is 0 Å². The molecule has 1 aromatic rings. The number of piperazine rings is 1. The zero-order valence-electron chi connectivity index (χ0n) is 15.2. The molecule has 0 aromatic heterocycles. The molecule has 1 N–H and O–H groups in total. The van der Waals surface area contributed by atoms with Crippen molar-refractivity contribution < 1.29 is 4.79 Å². The third-order valence-electron chi connectivity index (χ3n) is 5.79. The molecule has 1 unspecified atom stereocenters. The molecule has 0 radical (unpaired) electrons. The summed E-state index contributed by atoms with van der Waals surface area (Å²) in [5.41, 5.74) is 1.29. The van der Waals surface area contributed by atoms with Crippen LogP contribution in [0.5, 0.6) is 0 Å². The van der Waals surface area contributed by atoms with Gasteiger partial charge >= 0.3 is 0 Å². The van der Waals surface area contributed by atoms with Crippen LogP contribution in [-0.4, -0.2) is 55.0 Å². The average Bonchev–Trinajstić information content (AvgIpc) is 2.67.